The molecule has 0 aliphatic heterocycles. The molecule has 3 aromatic rings. The van der Waals surface area contributed by atoms with Gasteiger partial charge in [-0.1, -0.05) is 12.1 Å². The Labute approximate surface area is 178 Å². The normalized spacial score (nSPS) is 20.8. The van der Waals surface area contributed by atoms with E-state index in [-0.39, 0.29) is 17.8 Å². The molecule has 1 saturated carbocycles. The minimum absolute atomic E-state index is 0.0591. The van der Waals surface area contributed by atoms with Gasteiger partial charge in [0, 0.05) is 30.0 Å². The molecule has 3 unspecified atom stereocenters. The van der Waals surface area contributed by atoms with Gasteiger partial charge in [0.25, 0.3) is 0 Å². The lowest BCUT2D eigenvalue weighted by Crippen LogP contribution is -2.36. The van der Waals surface area contributed by atoms with E-state index < -0.39 is 11.9 Å². The van der Waals surface area contributed by atoms with Crippen molar-refractivity contribution >= 4 is 23.0 Å². The van der Waals surface area contributed by atoms with E-state index in [1.807, 2.05) is 30.6 Å². The van der Waals surface area contributed by atoms with E-state index in [0.717, 1.165) is 28.9 Å². The number of carboxylic acids is 1. The van der Waals surface area contributed by atoms with Gasteiger partial charge in [-0.05, 0) is 48.7 Å². The molecule has 1 fully saturated rings. The summed E-state index contributed by atoms with van der Waals surface area (Å²) in [5, 5.41) is 11.8. The van der Waals surface area contributed by atoms with E-state index in [2.05, 4.69) is 9.88 Å². The minimum atomic E-state index is -0.816. The Morgan fingerprint density at radius 1 is 1.23 bits per heavy atom. The van der Waals surface area contributed by atoms with Crippen LogP contribution < -0.4 is 9.64 Å². The van der Waals surface area contributed by atoms with Gasteiger partial charge in [-0.2, -0.15) is 0 Å². The van der Waals surface area contributed by atoms with Crippen molar-refractivity contribution in [3.05, 3.63) is 64.7 Å². The van der Waals surface area contributed by atoms with Gasteiger partial charge in [-0.25, -0.2) is 9.37 Å². The lowest BCUT2D eigenvalue weighted by Gasteiger charge is -2.34. The van der Waals surface area contributed by atoms with Gasteiger partial charge >= 0.3 is 5.97 Å². The lowest BCUT2D eigenvalue weighted by atomic mass is 9.86. The van der Waals surface area contributed by atoms with Gasteiger partial charge in [0.05, 0.1) is 29.9 Å². The quantitative estimate of drug-likeness (QED) is 0.598. The smallest absolute Gasteiger partial charge is 0.307 e. The Morgan fingerprint density at radius 3 is 2.63 bits per heavy atom. The molecule has 1 N–H and O–H groups in total. The van der Waals surface area contributed by atoms with Crippen LogP contribution in [0.5, 0.6) is 5.75 Å². The zero-order valence-corrected chi connectivity index (χ0v) is 17.6. The minimum Gasteiger partial charge on any atom is -0.495 e. The first kappa shape index (κ1) is 20.3. The van der Waals surface area contributed by atoms with Gasteiger partial charge in [0.2, 0.25) is 0 Å². The second kappa shape index (κ2) is 8.44. The molecule has 30 heavy (non-hydrogen) atoms. The highest BCUT2D eigenvalue weighted by Crippen LogP contribution is 2.45. The maximum absolute atomic E-state index is 13.5. The molecular weight excluding hydrogens is 403 g/mol. The molecule has 0 radical (unpaired) electrons. The van der Waals surface area contributed by atoms with Crippen LogP contribution in [0, 0.1) is 11.7 Å². The Bertz CT molecular complexity index is 1020. The number of hydrogen-bond donors (Lipinski definition) is 1. The van der Waals surface area contributed by atoms with Crippen LogP contribution in [-0.4, -0.2) is 36.3 Å². The number of benzene rings is 2. The van der Waals surface area contributed by atoms with Crippen LogP contribution in [0.1, 0.15) is 24.3 Å². The van der Waals surface area contributed by atoms with Crippen LogP contribution in [0.4, 0.5) is 10.1 Å². The van der Waals surface area contributed by atoms with Crippen molar-refractivity contribution in [2.75, 3.05) is 19.1 Å². The van der Waals surface area contributed by atoms with Gasteiger partial charge in [0.15, 0.2) is 0 Å². The summed E-state index contributed by atoms with van der Waals surface area (Å²) in [6.07, 6.45) is 1.29. The summed E-state index contributed by atoms with van der Waals surface area (Å²) in [5.74, 6) is -1.20. The standard InChI is InChI=1S/C23H23FN2O3S/c1-26(20-11-15(5-10-21(20)29-2)18-12-30-13-25-18)19-9-8-17(23(27)28)22(19)14-3-6-16(24)7-4-14/h3-7,10-13,17,19,22H,8-9H2,1-2H3,(H,27,28). The SMILES string of the molecule is COc1ccc(-c2cscn2)cc1N(C)C1CCC(C(=O)O)C1c1ccc(F)cc1. The zero-order valence-electron chi connectivity index (χ0n) is 16.8. The van der Waals surface area contributed by atoms with Gasteiger partial charge in [-0.3, -0.25) is 4.79 Å². The number of carboxylic acid groups (broad SMARTS) is 1. The average Bonchev–Trinajstić information content (AvgIpc) is 3.43. The van der Waals surface area contributed by atoms with Crippen molar-refractivity contribution in [1.82, 2.24) is 4.98 Å². The fourth-order valence-electron chi connectivity index (χ4n) is 4.49. The summed E-state index contributed by atoms with van der Waals surface area (Å²) < 4.78 is 19.1. The summed E-state index contributed by atoms with van der Waals surface area (Å²) in [7, 11) is 3.59. The molecule has 1 aliphatic rings. The van der Waals surface area contributed by atoms with E-state index in [4.69, 9.17) is 4.74 Å². The molecule has 0 amide bonds. The highest BCUT2D eigenvalue weighted by atomic mass is 32.1. The number of anilines is 1. The van der Waals surface area contributed by atoms with Crippen molar-refractivity contribution in [2.24, 2.45) is 5.92 Å². The topological polar surface area (TPSA) is 62.7 Å². The monoisotopic (exact) mass is 426 g/mol. The number of ether oxygens (including phenoxy) is 1. The molecule has 1 aliphatic carbocycles. The summed E-state index contributed by atoms with van der Waals surface area (Å²) in [6, 6.07) is 12.0. The molecular formula is C23H23FN2O3S. The molecule has 7 heteroatoms. The first-order chi connectivity index (χ1) is 14.5. The van der Waals surface area contributed by atoms with Crippen LogP contribution in [-0.2, 0) is 4.79 Å². The Balaban J connectivity index is 1.73. The predicted molar refractivity (Wildman–Crippen MR) is 116 cm³/mol. The number of rotatable bonds is 6. The number of carbonyl (C=O) groups is 1. The maximum Gasteiger partial charge on any atom is 0.307 e. The van der Waals surface area contributed by atoms with E-state index in [9.17, 15) is 14.3 Å². The largest absolute Gasteiger partial charge is 0.495 e. The highest BCUT2D eigenvalue weighted by Gasteiger charge is 2.43. The number of halogens is 1. The van der Waals surface area contributed by atoms with E-state index in [1.54, 1.807) is 24.8 Å². The van der Waals surface area contributed by atoms with Gasteiger partial charge in [0.1, 0.15) is 11.6 Å². The molecule has 156 valence electrons. The van der Waals surface area contributed by atoms with Crippen molar-refractivity contribution < 1.29 is 19.0 Å². The summed E-state index contributed by atoms with van der Waals surface area (Å²) >= 11 is 1.53. The lowest BCUT2D eigenvalue weighted by molar-refractivity contribution is -0.142. The fraction of sp³-hybridized carbons (Fsp3) is 0.304. The number of aromatic nitrogens is 1. The molecule has 3 atom stereocenters. The number of thiazole rings is 1. The summed E-state index contributed by atoms with van der Waals surface area (Å²) in [5.41, 5.74) is 5.38. The fourth-order valence-corrected chi connectivity index (χ4v) is 5.05. The molecule has 4 rings (SSSR count). The number of likely N-dealkylation sites (N-methyl/N-ethyl adjacent to an activating group) is 1. The number of methoxy groups -OCH3 is 1. The van der Waals surface area contributed by atoms with Crippen molar-refractivity contribution in [3.63, 3.8) is 0 Å². The molecule has 0 bridgehead atoms. The number of aliphatic carboxylic acids is 1. The Kier molecular flexibility index (Phi) is 5.72. The van der Waals surface area contributed by atoms with Crippen molar-refractivity contribution in [1.29, 1.82) is 0 Å². The first-order valence-electron chi connectivity index (χ1n) is 9.77. The predicted octanol–water partition coefficient (Wildman–Crippen LogP) is 5.04. The number of nitrogens with zero attached hydrogens (tertiary/aromatic N) is 2. The average molecular weight is 427 g/mol. The molecule has 5 nitrogen and oxygen atoms in total. The van der Waals surface area contributed by atoms with Crippen LogP contribution in [0.2, 0.25) is 0 Å². The van der Waals surface area contributed by atoms with Gasteiger partial charge in [-0.15, -0.1) is 11.3 Å². The third kappa shape index (κ3) is 3.77. The zero-order chi connectivity index (χ0) is 21.3. The van der Waals surface area contributed by atoms with Crippen LogP contribution in [0.15, 0.2) is 53.4 Å². The van der Waals surface area contributed by atoms with E-state index in [1.165, 1.54) is 23.5 Å². The third-order valence-corrected chi connectivity index (χ3v) is 6.56. The van der Waals surface area contributed by atoms with Gasteiger partial charge < -0.3 is 14.7 Å². The van der Waals surface area contributed by atoms with Crippen molar-refractivity contribution in [2.45, 2.75) is 24.8 Å². The molecule has 0 saturated heterocycles. The first-order valence-corrected chi connectivity index (χ1v) is 10.7. The van der Waals surface area contributed by atoms with Crippen LogP contribution in [0.25, 0.3) is 11.3 Å². The second-order valence-electron chi connectivity index (χ2n) is 7.54. The van der Waals surface area contributed by atoms with E-state index >= 15 is 0 Å². The molecule has 1 heterocycles. The van der Waals surface area contributed by atoms with Crippen molar-refractivity contribution in [3.8, 4) is 17.0 Å². The number of hydrogen-bond acceptors (Lipinski definition) is 5. The van der Waals surface area contributed by atoms with Crippen LogP contribution >= 0.6 is 11.3 Å². The second-order valence-corrected chi connectivity index (χ2v) is 8.26. The van der Waals surface area contributed by atoms with Crippen LogP contribution in [0.3, 0.4) is 0 Å². The molecule has 2 aromatic carbocycles. The molecule has 0 spiro atoms. The Hall–Kier alpha value is -2.93. The summed E-state index contributed by atoms with van der Waals surface area (Å²) in [6.45, 7) is 0. The highest BCUT2D eigenvalue weighted by molar-refractivity contribution is 7.07. The molecule has 1 aromatic heterocycles. The van der Waals surface area contributed by atoms with E-state index in [0.29, 0.717) is 12.2 Å². The summed E-state index contributed by atoms with van der Waals surface area (Å²) in [4.78, 5) is 18.5. The maximum atomic E-state index is 13.5. The third-order valence-electron chi connectivity index (χ3n) is 5.98. The Morgan fingerprint density at radius 2 is 2.00 bits per heavy atom.